The molecule has 0 bridgehead atoms. The Bertz CT molecular complexity index is 315. The van der Waals surface area contributed by atoms with Gasteiger partial charge in [0, 0.05) is 25.6 Å². The second-order valence-corrected chi connectivity index (χ2v) is 7.19. The fourth-order valence-electron chi connectivity index (χ4n) is 3.45. The van der Waals surface area contributed by atoms with Gasteiger partial charge in [-0.2, -0.15) is 0 Å². The Morgan fingerprint density at radius 3 is 2.06 bits per heavy atom. The molecule has 3 heteroatoms. The predicted octanol–water partition coefficient (Wildman–Crippen LogP) is 1.86. The molecule has 0 spiro atoms. The highest BCUT2D eigenvalue weighted by molar-refractivity contribution is 5.84. The van der Waals surface area contributed by atoms with E-state index in [0.29, 0.717) is 17.9 Å². The van der Waals surface area contributed by atoms with Crippen LogP contribution in [-0.2, 0) is 4.79 Å². The van der Waals surface area contributed by atoms with E-state index in [2.05, 4.69) is 27.7 Å². The van der Waals surface area contributed by atoms with Crippen LogP contribution in [0.4, 0.5) is 0 Å². The summed E-state index contributed by atoms with van der Waals surface area (Å²) in [6.45, 7) is 9.67. The van der Waals surface area contributed by atoms with Crippen molar-refractivity contribution in [1.82, 2.24) is 4.90 Å². The van der Waals surface area contributed by atoms with Crippen molar-refractivity contribution in [3.63, 3.8) is 0 Å². The molecule has 3 nitrogen and oxygen atoms in total. The van der Waals surface area contributed by atoms with Gasteiger partial charge in [-0.3, -0.25) is 4.79 Å². The van der Waals surface area contributed by atoms with E-state index in [0.717, 1.165) is 19.4 Å². The maximum Gasteiger partial charge on any atom is 0.226 e. The summed E-state index contributed by atoms with van der Waals surface area (Å²) >= 11 is 0. The first-order valence-electron chi connectivity index (χ1n) is 6.68. The summed E-state index contributed by atoms with van der Waals surface area (Å²) in [5.41, 5.74) is 6.07. The van der Waals surface area contributed by atoms with Crippen LogP contribution >= 0.6 is 0 Å². The fraction of sp³-hybridized carbons (Fsp3) is 0.929. The first-order chi connectivity index (χ1) is 7.68. The molecule has 0 aromatic carbocycles. The van der Waals surface area contributed by atoms with Gasteiger partial charge >= 0.3 is 0 Å². The lowest BCUT2D eigenvalue weighted by Crippen LogP contribution is -2.44. The van der Waals surface area contributed by atoms with Crippen LogP contribution in [0.3, 0.4) is 0 Å². The van der Waals surface area contributed by atoms with Gasteiger partial charge in [-0.05, 0) is 29.6 Å². The number of hydrogen-bond donors (Lipinski definition) is 1. The summed E-state index contributed by atoms with van der Waals surface area (Å²) in [6.07, 6.45) is 2.16. The van der Waals surface area contributed by atoms with Gasteiger partial charge < -0.3 is 10.6 Å². The van der Waals surface area contributed by atoms with Crippen molar-refractivity contribution in [3.8, 4) is 0 Å². The Balaban J connectivity index is 1.89. The van der Waals surface area contributed by atoms with Crippen LogP contribution in [0.2, 0.25) is 0 Å². The molecular formula is C14H26N2O. The Morgan fingerprint density at radius 2 is 1.71 bits per heavy atom. The van der Waals surface area contributed by atoms with Crippen molar-refractivity contribution >= 4 is 5.91 Å². The highest BCUT2D eigenvalue weighted by Crippen LogP contribution is 2.68. The highest BCUT2D eigenvalue weighted by atomic mass is 16.2. The summed E-state index contributed by atoms with van der Waals surface area (Å²) in [6, 6.07) is 0.373. The van der Waals surface area contributed by atoms with E-state index < -0.39 is 0 Å². The SMILES string of the molecule is CN(CC1CC(N)C1)C(=O)C1C(C)(C)C1(C)C. The lowest BCUT2D eigenvalue weighted by atomic mass is 9.80. The van der Waals surface area contributed by atoms with Gasteiger partial charge in [0.2, 0.25) is 5.91 Å². The Kier molecular flexibility index (Phi) is 2.81. The normalized spacial score (nSPS) is 34.0. The predicted molar refractivity (Wildman–Crippen MR) is 69.4 cm³/mol. The van der Waals surface area contributed by atoms with E-state index in [1.807, 2.05) is 11.9 Å². The van der Waals surface area contributed by atoms with Crippen LogP contribution in [0.1, 0.15) is 40.5 Å². The lowest BCUT2D eigenvalue weighted by molar-refractivity contribution is -0.133. The van der Waals surface area contributed by atoms with E-state index in [1.165, 1.54) is 0 Å². The van der Waals surface area contributed by atoms with Gasteiger partial charge in [-0.25, -0.2) is 0 Å². The van der Waals surface area contributed by atoms with Crippen LogP contribution in [0, 0.1) is 22.7 Å². The molecule has 0 saturated heterocycles. The van der Waals surface area contributed by atoms with E-state index >= 15 is 0 Å². The minimum Gasteiger partial charge on any atom is -0.345 e. The summed E-state index contributed by atoms with van der Waals surface area (Å²) < 4.78 is 0. The Morgan fingerprint density at radius 1 is 1.24 bits per heavy atom. The zero-order chi connectivity index (χ0) is 13.0. The van der Waals surface area contributed by atoms with Crippen molar-refractivity contribution in [1.29, 1.82) is 0 Å². The second-order valence-electron chi connectivity index (χ2n) is 7.19. The minimum atomic E-state index is 0.147. The van der Waals surface area contributed by atoms with Crippen LogP contribution in [0.15, 0.2) is 0 Å². The zero-order valence-electron chi connectivity index (χ0n) is 11.8. The number of nitrogens with two attached hydrogens (primary N) is 1. The van der Waals surface area contributed by atoms with Crippen LogP contribution in [0.25, 0.3) is 0 Å². The third-order valence-corrected chi connectivity index (χ3v) is 5.45. The average molecular weight is 238 g/mol. The van der Waals surface area contributed by atoms with Gasteiger partial charge in [0.25, 0.3) is 0 Å². The fourth-order valence-corrected chi connectivity index (χ4v) is 3.45. The van der Waals surface area contributed by atoms with Gasteiger partial charge in [-0.15, -0.1) is 0 Å². The average Bonchev–Trinajstić information content (AvgIpc) is 2.54. The quantitative estimate of drug-likeness (QED) is 0.816. The maximum atomic E-state index is 12.4. The van der Waals surface area contributed by atoms with Crippen molar-refractivity contribution in [2.45, 2.75) is 46.6 Å². The van der Waals surface area contributed by atoms with E-state index in [-0.39, 0.29) is 16.7 Å². The second kappa shape index (κ2) is 3.71. The van der Waals surface area contributed by atoms with Crippen LogP contribution < -0.4 is 5.73 Å². The largest absolute Gasteiger partial charge is 0.345 e. The number of nitrogens with zero attached hydrogens (tertiary/aromatic N) is 1. The summed E-state index contributed by atoms with van der Waals surface area (Å²) in [4.78, 5) is 14.3. The molecule has 2 rings (SSSR count). The molecule has 0 aromatic heterocycles. The van der Waals surface area contributed by atoms with Crippen molar-refractivity contribution < 1.29 is 4.79 Å². The maximum absolute atomic E-state index is 12.4. The van der Waals surface area contributed by atoms with Gasteiger partial charge in [0.1, 0.15) is 0 Å². The molecule has 0 radical (unpaired) electrons. The summed E-state index contributed by atoms with van der Waals surface area (Å²) in [5, 5.41) is 0. The van der Waals surface area contributed by atoms with Crippen molar-refractivity contribution in [3.05, 3.63) is 0 Å². The monoisotopic (exact) mass is 238 g/mol. The number of amides is 1. The lowest BCUT2D eigenvalue weighted by Gasteiger charge is -2.35. The molecule has 0 unspecified atom stereocenters. The zero-order valence-corrected chi connectivity index (χ0v) is 11.8. The minimum absolute atomic E-state index is 0.147. The van der Waals surface area contributed by atoms with Crippen LogP contribution in [-0.4, -0.2) is 30.4 Å². The topological polar surface area (TPSA) is 46.3 Å². The molecule has 2 aliphatic rings. The molecule has 2 aliphatic carbocycles. The standard InChI is InChI=1S/C14H26N2O/c1-13(2)11(14(13,3)4)12(17)16(5)8-9-6-10(15)7-9/h9-11H,6-8,15H2,1-5H3. The summed E-state index contributed by atoms with van der Waals surface area (Å²) in [5.74, 6) is 1.14. The third-order valence-electron chi connectivity index (χ3n) is 5.45. The Labute approximate surface area is 105 Å². The van der Waals surface area contributed by atoms with Crippen molar-refractivity contribution in [2.75, 3.05) is 13.6 Å². The molecule has 0 atom stereocenters. The molecule has 2 N–H and O–H groups in total. The molecule has 1 amide bonds. The number of hydrogen-bond acceptors (Lipinski definition) is 2. The smallest absolute Gasteiger partial charge is 0.226 e. The first kappa shape index (κ1) is 12.9. The molecule has 2 fully saturated rings. The molecule has 17 heavy (non-hydrogen) atoms. The highest BCUT2D eigenvalue weighted by Gasteiger charge is 2.68. The van der Waals surface area contributed by atoms with E-state index in [1.54, 1.807) is 0 Å². The van der Waals surface area contributed by atoms with Gasteiger partial charge in [0.15, 0.2) is 0 Å². The molecule has 0 aromatic rings. The molecule has 0 heterocycles. The van der Waals surface area contributed by atoms with Crippen molar-refractivity contribution in [2.24, 2.45) is 28.4 Å². The Hall–Kier alpha value is -0.570. The van der Waals surface area contributed by atoms with Crippen LogP contribution in [0.5, 0.6) is 0 Å². The molecule has 2 saturated carbocycles. The van der Waals surface area contributed by atoms with E-state index in [9.17, 15) is 4.79 Å². The number of rotatable bonds is 3. The third kappa shape index (κ3) is 1.88. The molecular weight excluding hydrogens is 212 g/mol. The number of carbonyl (C=O) groups is 1. The van der Waals surface area contributed by atoms with E-state index in [4.69, 9.17) is 5.73 Å². The van der Waals surface area contributed by atoms with Gasteiger partial charge in [0.05, 0.1) is 0 Å². The number of carbonyl (C=O) groups excluding carboxylic acids is 1. The summed E-state index contributed by atoms with van der Waals surface area (Å²) in [7, 11) is 1.94. The molecule has 98 valence electrons. The van der Waals surface area contributed by atoms with Gasteiger partial charge in [-0.1, -0.05) is 27.7 Å². The first-order valence-corrected chi connectivity index (χ1v) is 6.68. The molecule has 0 aliphatic heterocycles.